The van der Waals surface area contributed by atoms with Crippen LogP contribution in [0.25, 0.3) is 0 Å². The number of benzene rings is 1. The maximum absolute atomic E-state index is 11.0. The molecule has 0 aliphatic heterocycles. The summed E-state index contributed by atoms with van der Waals surface area (Å²) >= 11 is 1.72. The van der Waals surface area contributed by atoms with E-state index in [9.17, 15) is 4.79 Å². The van der Waals surface area contributed by atoms with Gasteiger partial charge in [0.15, 0.2) is 0 Å². The van der Waals surface area contributed by atoms with E-state index in [0.29, 0.717) is 11.5 Å². The Bertz CT molecular complexity index is 604. The van der Waals surface area contributed by atoms with Crippen molar-refractivity contribution in [2.75, 3.05) is 0 Å². The minimum Gasteiger partial charge on any atom is -1.00 e. The van der Waals surface area contributed by atoms with Crippen LogP contribution in [0.15, 0.2) is 29.9 Å². The van der Waals surface area contributed by atoms with Crippen LogP contribution in [0.4, 0.5) is 0 Å². The maximum Gasteiger partial charge on any atom is 1.00 e. The van der Waals surface area contributed by atoms with E-state index >= 15 is 0 Å². The van der Waals surface area contributed by atoms with Crippen molar-refractivity contribution in [1.29, 1.82) is 0 Å². The Morgan fingerprint density at radius 3 is 3.00 bits per heavy atom. The quantitative estimate of drug-likeness (QED) is 0.829. The molecule has 0 saturated heterocycles. The summed E-state index contributed by atoms with van der Waals surface area (Å²) < 4.78 is 0. The number of carboxylic acid groups (broad SMARTS) is 1. The molecule has 1 unspecified atom stereocenters. The molecule has 100 valence electrons. The van der Waals surface area contributed by atoms with Gasteiger partial charge in [0.1, 0.15) is 0 Å². The molecule has 3 nitrogen and oxygen atoms in total. The van der Waals surface area contributed by atoms with Gasteiger partial charge in [-0.3, -0.25) is 4.98 Å². The summed E-state index contributed by atoms with van der Waals surface area (Å²) in [4.78, 5) is 16.4. The first-order chi connectivity index (χ1) is 9.22. The van der Waals surface area contributed by atoms with Crippen LogP contribution in [0.3, 0.4) is 0 Å². The molecule has 1 aliphatic carbocycles. The molecule has 1 aromatic heterocycles. The van der Waals surface area contributed by atoms with Crippen molar-refractivity contribution in [1.82, 2.24) is 4.98 Å². The second kappa shape index (κ2) is 6.85. The SMILES string of the molecule is O=C(O)c1ccc2c(c1)CCC(Cc1cncs1)C2.[H-].[Na+]. The number of nitrogens with zero attached hydrogens (tertiary/aromatic N) is 1. The first-order valence-corrected chi connectivity index (χ1v) is 7.33. The fourth-order valence-electron chi connectivity index (χ4n) is 2.77. The molecule has 2 aromatic rings. The summed E-state index contributed by atoms with van der Waals surface area (Å²) in [6, 6.07) is 5.54. The van der Waals surface area contributed by atoms with Gasteiger partial charge in [-0.1, -0.05) is 6.07 Å². The molecular formula is C15H16NNaO2S. The van der Waals surface area contributed by atoms with Crippen LogP contribution >= 0.6 is 11.3 Å². The molecule has 1 aliphatic rings. The Kier molecular flexibility index (Phi) is 5.38. The van der Waals surface area contributed by atoms with Gasteiger partial charge in [-0.15, -0.1) is 11.3 Å². The maximum atomic E-state index is 11.0. The molecule has 3 rings (SSSR count). The molecular weight excluding hydrogens is 281 g/mol. The largest absolute Gasteiger partial charge is 1.00 e. The van der Waals surface area contributed by atoms with Crippen molar-refractivity contribution in [3.63, 3.8) is 0 Å². The number of aromatic carboxylic acids is 1. The number of aromatic nitrogens is 1. The van der Waals surface area contributed by atoms with Gasteiger partial charge in [-0.05, 0) is 54.9 Å². The Hall–Kier alpha value is -0.680. The van der Waals surface area contributed by atoms with E-state index in [2.05, 4.69) is 4.98 Å². The third kappa shape index (κ3) is 3.50. The topological polar surface area (TPSA) is 50.2 Å². The summed E-state index contributed by atoms with van der Waals surface area (Å²) in [7, 11) is 0. The van der Waals surface area contributed by atoms with Gasteiger partial charge in [0.25, 0.3) is 0 Å². The van der Waals surface area contributed by atoms with Crippen molar-refractivity contribution < 1.29 is 40.9 Å². The fraction of sp³-hybridized carbons (Fsp3) is 0.333. The van der Waals surface area contributed by atoms with E-state index in [4.69, 9.17) is 5.11 Å². The van der Waals surface area contributed by atoms with Crippen LogP contribution in [-0.4, -0.2) is 16.1 Å². The first-order valence-electron chi connectivity index (χ1n) is 6.45. The van der Waals surface area contributed by atoms with Gasteiger partial charge in [-0.25, -0.2) is 4.79 Å². The Labute approximate surface area is 145 Å². The Balaban J connectivity index is 0.00000110. The Morgan fingerprint density at radius 1 is 1.45 bits per heavy atom. The van der Waals surface area contributed by atoms with Crippen molar-refractivity contribution >= 4 is 17.3 Å². The molecule has 0 spiro atoms. The zero-order valence-corrected chi connectivity index (χ0v) is 14.3. The number of rotatable bonds is 3. The molecule has 1 atom stereocenters. The summed E-state index contributed by atoms with van der Waals surface area (Å²) in [5, 5.41) is 9.00. The van der Waals surface area contributed by atoms with Gasteiger partial charge in [-0.2, -0.15) is 0 Å². The summed E-state index contributed by atoms with van der Waals surface area (Å²) in [5.74, 6) is -0.182. The van der Waals surface area contributed by atoms with Crippen molar-refractivity contribution in [3.05, 3.63) is 51.5 Å². The van der Waals surface area contributed by atoms with Gasteiger partial charge < -0.3 is 6.53 Å². The molecule has 0 radical (unpaired) electrons. The summed E-state index contributed by atoms with van der Waals surface area (Å²) in [6.07, 6.45) is 6.21. The van der Waals surface area contributed by atoms with E-state index < -0.39 is 5.97 Å². The van der Waals surface area contributed by atoms with E-state index in [1.807, 2.05) is 23.8 Å². The van der Waals surface area contributed by atoms with Crippen molar-refractivity contribution in [2.24, 2.45) is 5.92 Å². The molecule has 0 saturated carbocycles. The first kappa shape index (κ1) is 15.7. The molecule has 20 heavy (non-hydrogen) atoms. The minimum absolute atomic E-state index is 0. The van der Waals surface area contributed by atoms with E-state index in [1.54, 1.807) is 17.4 Å². The van der Waals surface area contributed by atoms with E-state index in [0.717, 1.165) is 25.7 Å². The van der Waals surface area contributed by atoms with Crippen LogP contribution < -0.4 is 29.6 Å². The summed E-state index contributed by atoms with van der Waals surface area (Å²) in [6.45, 7) is 0. The number of aryl methyl sites for hydroxylation is 1. The molecule has 5 heteroatoms. The Morgan fingerprint density at radius 2 is 2.30 bits per heavy atom. The predicted molar refractivity (Wildman–Crippen MR) is 75.8 cm³/mol. The third-order valence-corrected chi connectivity index (χ3v) is 4.56. The van der Waals surface area contributed by atoms with E-state index in [1.165, 1.54) is 16.0 Å². The third-order valence-electron chi connectivity index (χ3n) is 3.76. The molecule has 1 aromatic carbocycles. The number of hydrogen-bond donors (Lipinski definition) is 1. The van der Waals surface area contributed by atoms with Crippen molar-refractivity contribution in [2.45, 2.75) is 25.7 Å². The standard InChI is InChI=1S/C15H15NO2S.Na.H/c17-15(18)13-4-3-11-5-10(1-2-12(11)7-13)6-14-8-16-9-19-14;;/h3-4,7-10H,1-2,5-6H2,(H,17,18);;/q;+1;-1. The van der Waals surface area contributed by atoms with Crippen molar-refractivity contribution in [3.8, 4) is 0 Å². The molecule has 1 heterocycles. The number of carboxylic acids is 1. The number of fused-ring (bicyclic) bond motifs is 1. The smallest absolute Gasteiger partial charge is 1.00 e. The fourth-order valence-corrected chi connectivity index (χ4v) is 3.48. The molecule has 0 bridgehead atoms. The zero-order valence-electron chi connectivity index (χ0n) is 12.5. The summed E-state index contributed by atoms with van der Waals surface area (Å²) in [5.41, 5.74) is 4.80. The van der Waals surface area contributed by atoms with E-state index in [-0.39, 0.29) is 31.0 Å². The predicted octanol–water partition coefficient (Wildman–Crippen LogP) is 0.305. The number of thiazole rings is 1. The van der Waals surface area contributed by atoms with Crippen LogP contribution in [0.2, 0.25) is 0 Å². The van der Waals surface area contributed by atoms with Crippen LogP contribution in [0, 0.1) is 5.92 Å². The van der Waals surface area contributed by atoms with Gasteiger partial charge in [0, 0.05) is 11.1 Å². The number of hydrogen-bond acceptors (Lipinski definition) is 3. The van der Waals surface area contributed by atoms with Crippen LogP contribution in [0.5, 0.6) is 0 Å². The average molecular weight is 297 g/mol. The monoisotopic (exact) mass is 297 g/mol. The molecule has 1 N–H and O–H groups in total. The van der Waals surface area contributed by atoms with Gasteiger partial charge >= 0.3 is 35.5 Å². The normalized spacial score (nSPS) is 17.1. The number of carbonyl (C=O) groups is 1. The second-order valence-electron chi connectivity index (χ2n) is 5.07. The van der Waals surface area contributed by atoms with Crippen LogP contribution in [0.1, 0.15) is 34.2 Å². The second-order valence-corrected chi connectivity index (χ2v) is 6.04. The molecule has 0 amide bonds. The average Bonchev–Trinajstić information content (AvgIpc) is 2.91. The zero-order chi connectivity index (χ0) is 13.2. The van der Waals surface area contributed by atoms with Crippen LogP contribution in [-0.2, 0) is 19.3 Å². The minimum atomic E-state index is -0.838. The van der Waals surface area contributed by atoms with Gasteiger partial charge in [0.05, 0.1) is 11.1 Å². The van der Waals surface area contributed by atoms with Gasteiger partial charge in [0.2, 0.25) is 0 Å². The molecule has 0 fully saturated rings.